The highest BCUT2D eigenvalue weighted by molar-refractivity contribution is 7.89. The van der Waals surface area contributed by atoms with Gasteiger partial charge in [0.05, 0.1) is 6.20 Å². The molecule has 0 radical (unpaired) electrons. The van der Waals surface area contributed by atoms with Crippen LogP contribution < -0.4 is 4.72 Å². The summed E-state index contributed by atoms with van der Waals surface area (Å²) in [7, 11) is -2.08. The number of sulfonamides is 1. The minimum atomic E-state index is -3.73. The highest BCUT2D eigenvalue weighted by Crippen LogP contribution is 2.25. The summed E-state index contributed by atoms with van der Waals surface area (Å²) < 4.78 is 28.4. The fourth-order valence-corrected chi connectivity index (χ4v) is 3.73. The van der Waals surface area contributed by atoms with E-state index in [0.717, 1.165) is 11.1 Å². The monoisotopic (exact) mass is 371 g/mol. The Balaban J connectivity index is 1.74. The molecule has 0 aliphatic rings. The summed E-state index contributed by atoms with van der Waals surface area (Å²) in [5, 5.41) is 14.6. The van der Waals surface area contributed by atoms with Gasteiger partial charge in [0, 0.05) is 19.8 Å². The Kier molecular flexibility index (Phi) is 4.95. The van der Waals surface area contributed by atoms with E-state index in [1.807, 2.05) is 42.5 Å². The third kappa shape index (κ3) is 4.01. The predicted octanol–water partition coefficient (Wildman–Crippen LogP) is 2.27. The quantitative estimate of drug-likeness (QED) is 0.696. The number of benzene rings is 2. The molecule has 0 unspecified atom stereocenters. The lowest BCUT2D eigenvalue weighted by atomic mass is 9.94. The first-order valence-electron chi connectivity index (χ1n) is 8.15. The zero-order chi connectivity index (χ0) is 18.8. The van der Waals surface area contributed by atoms with Crippen molar-refractivity contribution in [2.45, 2.75) is 17.4 Å². The van der Waals surface area contributed by atoms with Gasteiger partial charge in [0.15, 0.2) is 0 Å². The number of hydrogen-bond acceptors (Lipinski definition) is 4. The SMILES string of the molecule is Cn1cc(S(=O)(=O)NC[C@@](C)(O)c2ccc(-c3ccccc3)cc2)cn1. The third-order valence-electron chi connectivity index (χ3n) is 4.21. The van der Waals surface area contributed by atoms with Crippen LogP contribution in [0.15, 0.2) is 71.9 Å². The van der Waals surface area contributed by atoms with Crippen LogP contribution in [0.3, 0.4) is 0 Å². The molecule has 136 valence electrons. The molecule has 6 nitrogen and oxygen atoms in total. The second kappa shape index (κ2) is 7.03. The maximum atomic E-state index is 12.3. The molecule has 0 saturated heterocycles. The Morgan fingerprint density at radius 2 is 1.69 bits per heavy atom. The molecule has 0 amide bonds. The number of aliphatic hydroxyl groups is 1. The standard InChI is InChI=1S/C19H21N3O3S/c1-19(23,14-21-26(24,25)18-12-20-22(2)13-18)17-10-8-16(9-11-17)15-6-4-3-5-7-15/h3-13,21,23H,14H2,1-2H3/t19-/m1/s1. The van der Waals surface area contributed by atoms with Gasteiger partial charge in [-0.15, -0.1) is 0 Å². The molecule has 7 heteroatoms. The zero-order valence-corrected chi connectivity index (χ0v) is 15.4. The molecule has 0 saturated carbocycles. The normalized spacial score (nSPS) is 14.1. The van der Waals surface area contributed by atoms with E-state index in [4.69, 9.17) is 0 Å². The first kappa shape index (κ1) is 18.3. The van der Waals surface area contributed by atoms with Gasteiger partial charge in [-0.05, 0) is 23.6 Å². The van der Waals surface area contributed by atoms with Gasteiger partial charge in [-0.2, -0.15) is 5.10 Å². The van der Waals surface area contributed by atoms with Crippen LogP contribution in [0.5, 0.6) is 0 Å². The average Bonchev–Trinajstić information content (AvgIpc) is 3.09. The molecule has 3 rings (SSSR count). The van der Waals surface area contributed by atoms with Crippen LogP contribution in [0.4, 0.5) is 0 Å². The molecule has 1 heterocycles. The molecule has 3 aromatic rings. The smallest absolute Gasteiger partial charge is 0.243 e. The summed E-state index contributed by atoms with van der Waals surface area (Å²) >= 11 is 0. The van der Waals surface area contributed by atoms with Gasteiger partial charge >= 0.3 is 0 Å². The topological polar surface area (TPSA) is 84.2 Å². The van der Waals surface area contributed by atoms with Gasteiger partial charge in [0.1, 0.15) is 10.5 Å². The minimum absolute atomic E-state index is 0.0650. The van der Waals surface area contributed by atoms with Crippen molar-refractivity contribution < 1.29 is 13.5 Å². The van der Waals surface area contributed by atoms with E-state index in [0.29, 0.717) is 5.56 Å². The molecule has 0 aliphatic heterocycles. The number of aryl methyl sites for hydroxylation is 1. The second-order valence-electron chi connectivity index (χ2n) is 6.39. The van der Waals surface area contributed by atoms with E-state index < -0.39 is 15.6 Å². The van der Waals surface area contributed by atoms with Crippen LogP contribution in [0.25, 0.3) is 11.1 Å². The van der Waals surface area contributed by atoms with Gasteiger partial charge in [-0.1, -0.05) is 54.6 Å². The van der Waals surface area contributed by atoms with Crippen LogP contribution in [0, 0.1) is 0 Å². The number of hydrogen-bond donors (Lipinski definition) is 2. The molecule has 1 atom stereocenters. The highest BCUT2D eigenvalue weighted by Gasteiger charge is 2.26. The Morgan fingerprint density at radius 3 is 2.27 bits per heavy atom. The van der Waals surface area contributed by atoms with Crippen molar-refractivity contribution in [3.05, 3.63) is 72.6 Å². The number of nitrogens with one attached hydrogen (secondary N) is 1. The zero-order valence-electron chi connectivity index (χ0n) is 14.6. The third-order valence-corrected chi connectivity index (χ3v) is 5.57. The lowest BCUT2D eigenvalue weighted by Crippen LogP contribution is -2.38. The fourth-order valence-electron chi connectivity index (χ4n) is 2.61. The highest BCUT2D eigenvalue weighted by atomic mass is 32.2. The van der Waals surface area contributed by atoms with Crippen LogP contribution in [-0.2, 0) is 22.7 Å². The van der Waals surface area contributed by atoms with E-state index in [2.05, 4.69) is 9.82 Å². The van der Waals surface area contributed by atoms with Crippen molar-refractivity contribution in [2.24, 2.45) is 7.05 Å². The van der Waals surface area contributed by atoms with Gasteiger partial charge in [-0.25, -0.2) is 13.1 Å². The molecule has 0 fully saturated rings. The summed E-state index contributed by atoms with van der Waals surface area (Å²) in [5.74, 6) is 0. The van der Waals surface area contributed by atoms with Crippen molar-refractivity contribution >= 4 is 10.0 Å². The first-order chi connectivity index (χ1) is 12.3. The molecule has 26 heavy (non-hydrogen) atoms. The Labute approximate surface area is 153 Å². The molecule has 1 aromatic heterocycles. The predicted molar refractivity (Wildman–Crippen MR) is 99.8 cm³/mol. The molecule has 0 spiro atoms. The molecule has 2 N–H and O–H groups in total. The van der Waals surface area contributed by atoms with Crippen molar-refractivity contribution in [3.8, 4) is 11.1 Å². The van der Waals surface area contributed by atoms with E-state index in [1.165, 1.54) is 17.1 Å². The minimum Gasteiger partial charge on any atom is -0.384 e. The van der Waals surface area contributed by atoms with E-state index in [1.54, 1.807) is 26.1 Å². The Morgan fingerprint density at radius 1 is 1.08 bits per heavy atom. The van der Waals surface area contributed by atoms with E-state index >= 15 is 0 Å². The Bertz CT molecular complexity index is 978. The molecule has 0 bridgehead atoms. The first-order valence-corrected chi connectivity index (χ1v) is 9.63. The van der Waals surface area contributed by atoms with Crippen molar-refractivity contribution in [1.82, 2.24) is 14.5 Å². The largest absolute Gasteiger partial charge is 0.384 e. The van der Waals surface area contributed by atoms with Gasteiger partial charge < -0.3 is 5.11 Å². The van der Waals surface area contributed by atoms with E-state index in [9.17, 15) is 13.5 Å². The van der Waals surface area contributed by atoms with Gasteiger partial charge in [-0.3, -0.25) is 4.68 Å². The van der Waals surface area contributed by atoms with E-state index in [-0.39, 0.29) is 11.4 Å². The van der Waals surface area contributed by atoms with Crippen LogP contribution >= 0.6 is 0 Å². The van der Waals surface area contributed by atoms with Crippen LogP contribution in [-0.4, -0.2) is 29.8 Å². The summed E-state index contributed by atoms with van der Waals surface area (Å²) in [6, 6.07) is 17.3. The van der Waals surface area contributed by atoms with Crippen molar-refractivity contribution in [2.75, 3.05) is 6.54 Å². The number of nitrogens with zero attached hydrogens (tertiary/aromatic N) is 2. The van der Waals surface area contributed by atoms with Gasteiger partial charge in [0.2, 0.25) is 10.0 Å². The van der Waals surface area contributed by atoms with Crippen molar-refractivity contribution in [3.63, 3.8) is 0 Å². The Hall–Kier alpha value is -2.48. The summed E-state index contributed by atoms with van der Waals surface area (Å²) in [4.78, 5) is 0.0650. The lowest BCUT2D eigenvalue weighted by Gasteiger charge is -2.24. The van der Waals surface area contributed by atoms with Crippen molar-refractivity contribution in [1.29, 1.82) is 0 Å². The number of aromatic nitrogens is 2. The molecule has 2 aromatic carbocycles. The lowest BCUT2D eigenvalue weighted by molar-refractivity contribution is 0.0627. The van der Waals surface area contributed by atoms with Gasteiger partial charge in [0.25, 0.3) is 0 Å². The molecular weight excluding hydrogens is 350 g/mol. The summed E-state index contributed by atoms with van der Waals surface area (Å²) in [5.41, 5.74) is 1.40. The molecular formula is C19H21N3O3S. The maximum absolute atomic E-state index is 12.3. The molecule has 0 aliphatic carbocycles. The average molecular weight is 371 g/mol. The van der Waals surface area contributed by atoms with Crippen LogP contribution in [0.2, 0.25) is 0 Å². The summed E-state index contributed by atoms with van der Waals surface area (Å²) in [6.07, 6.45) is 2.68. The fraction of sp³-hybridized carbons (Fsp3) is 0.211. The number of rotatable bonds is 6. The maximum Gasteiger partial charge on any atom is 0.243 e. The second-order valence-corrected chi connectivity index (χ2v) is 8.16. The summed E-state index contributed by atoms with van der Waals surface area (Å²) in [6.45, 7) is 1.44. The van der Waals surface area contributed by atoms with Crippen LogP contribution in [0.1, 0.15) is 12.5 Å².